The molecule has 0 radical (unpaired) electrons. The van der Waals surface area contributed by atoms with Crippen LogP contribution in [-0.4, -0.2) is 24.1 Å². The predicted molar refractivity (Wildman–Crippen MR) is 48.6 cm³/mol. The number of hydrogen-bond acceptors (Lipinski definition) is 1. The normalized spacial score (nSPS) is 45.8. The van der Waals surface area contributed by atoms with Gasteiger partial charge in [0.25, 0.3) is 5.60 Å². The van der Waals surface area contributed by atoms with E-state index in [9.17, 15) is 26.3 Å². The van der Waals surface area contributed by atoms with Crippen LogP contribution in [0.4, 0.5) is 26.3 Å². The van der Waals surface area contributed by atoms with Crippen LogP contribution in [-0.2, 0) is 4.74 Å². The fourth-order valence-corrected chi connectivity index (χ4v) is 4.23. The van der Waals surface area contributed by atoms with Gasteiger partial charge in [-0.05, 0) is 30.6 Å². The summed E-state index contributed by atoms with van der Waals surface area (Å²) in [5.41, 5.74) is -3.92. The Morgan fingerprint density at radius 1 is 1.00 bits per heavy atom. The largest absolute Gasteiger partial charge is 0.426 e. The third kappa shape index (κ3) is 1.19. The first kappa shape index (κ1) is 12.6. The summed E-state index contributed by atoms with van der Waals surface area (Å²) in [7, 11) is 0. The highest BCUT2D eigenvalue weighted by atomic mass is 19.4. The van der Waals surface area contributed by atoms with Crippen molar-refractivity contribution < 1.29 is 31.1 Å². The summed E-state index contributed by atoms with van der Waals surface area (Å²) in [5, 5.41) is 0. The van der Waals surface area contributed by atoms with Gasteiger partial charge < -0.3 is 4.74 Å². The van der Waals surface area contributed by atoms with Gasteiger partial charge in [-0.1, -0.05) is 6.92 Å². The standard InChI is InChI=1S/C11H12F6O/c1-4-2-5-3-6(4)7-8(5)18-9(7,10(12,13)14)11(15,16)17/h4-8H,2-3H2,1H3. The Morgan fingerprint density at radius 3 is 2.06 bits per heavy atom. The number of alkyl halides is 6. The van der Waals surface area contributed by atoms with Gasteiger partial charge in [-0.2, -0.15) is 26.3 Å². The molecule has 0 aromatic carbocycles. The minimum atomic E-state index is -5.39. The Hall–Kier alpha value is -0.460. The summed E-state index contributed by atoms with van der Waals surface area (Å²) in [5.74, 6) is -2.17. The third-order valence-corrected chi connectivity index (χ3v) is 4.89. The van der Waals surface area contributed by atoms with E-state index in [1.165, 1.54) is 0 Å². The van der Waals surface area contributed by atoms with Crippen LogP contribution < -0.4 is 0 Å². The molecule has 3 rings (SSSR count). The van der Waals surface area contributed by atoms with Crippen LogP contribution in [0.2, 0.25) is 0 Å². The maximum atomic E-state index is 12.9. The van der Waals surface area contributed by atoms with E-state index in [0.29, 0.717) is 12.8 Å². The molecule has 0 aromatic rings. The predicted octanol–water partition coefficient (Wildman–Crippen LogP) is 3.54. The van der Waals surface area contributed by atoms with E-state index in [1.54, 1.807) is 6.92 Å². The van der Waals surface area contributed by atoms with E-state index in [4.69, 9.17) is 0 Å². The quantitative estimate of drug-likeness (QED) is 0.614. The van der Waals surface area contributed by atoms with Crippen LogP contribution >= 0.6 is 0 Å². The second-order valence-corrected chi connectivity index (χ2v) is 5.71. The second kappa shape index (κ2) is 3.16. The van der Waals surface area contributed by atoms with E-state index in [1.807, 2.05) is 0 Å². The van der Waals surface area contributed by atoms with Crippen molar-refractivity contribution in [2.24, 2.45) is 23.7 Å². The molecule has 0 amide bonds. The number of hydrogen-bond donors (Lipinski definition) is 0. The molecular weight excluding hydrogens is 262 g/mol. The van der Waals surface area contributed by atoms with Crippen molar-refractivity contribution >= 4 is 0 Å². The summed E-state index contributed by atoms with van der Waals surface area (Å²) in [6, 6.07) is 0. The molecular formula is C11H12F6O. The molecule has 2 bridgehead atoms. The summed E-state index contributed by atoms with van der Waals surface area (Å²) in [4.78, 5) is 0. The van der Waals surface area contributed by atoms with Gasteiger partial charge >= 0.3 is 12.4 Å². The molecule has 5 atom stereocenters. The number of halogens is 6. The summed E-state index contributed by atoms with van der Waals surface area (Å²) in [6.45, 7) is 1.73. The first-order valence-corrected chi connectivity index (χ1v) is 5.91. The van der Waals surface area contributed by atoms with Gasteiger partial charge in [0.2, 0.25) is 0 Å². The molecule has 7 heteroatoms. The van der Waals surface area contributed by atoms with E-state index in [-0.39, 0.29) is 11.8 Å². The lowest BCUT2D eigenvalue weighted by Crippen LogP contribution is -2.76. The molecule has 1 nitrogen and oxygen atoms in total. The van der Waals surface area contributed by atoms with Gasteiger partial charge in [0.05, 0.1) is 6.10 Å². The molecule has 2 saturated carbocycles. The lowest BCUT2D eigenvalue weighted by atomic mass is 9.65. The Labute approximate surface area is 99.5 Å². The zero-order chi connectivity index (χ0) is 13.5. The van der Waals surface area contributed by atoms with Gasteiger partial charge in [-0.15, -0.1) is 0 Å². The van der Waals surface area contributed by atoms with Crippen molar-refractivity contribution in [1.82, 2.24) is 0 Å². The van der Waals surface area contributed by atoms with Crippen molar-refractivity contribution in [3.63, 3.8) is 0 Å². The molecule has 0 N–H and O–H groups in total. The SMILES string of the molecule is CC1CC2CC1C1C2OC1(C(F)(F)F)C(F)(F)F. The molecule has 0 spiro atoms. The first-order chi connectivity index (χ1) is 8.09. The monoisotopic (exact) mass is 274 g/mol. The smallest absolute Gasteiger partial charge is 0.354 e. The lowest BCUT2D eigenvalue weighted by Gasteiger charge is -2.57. The Bertz CT molecular complexity index is 359. The average Bonchev–Trinajstić information content (AvgIpc) is 2.51. The van der Waals surface area contributed by atoms with Crippen LogP contribution in [0.15, 0.2) is 0 Å². The topological polar surface area (TPSA) is 9.23 Å². The molecule has 3 fully saturated rings. The van der Waals surface area contributed by atoms with E-state index < -0.39 is 35.9 Å². The summed E-state index contributed by atoms with van der Waals surface area (Å²) >= 11 is 0. The van der Waals surface area contributed by atoms with Crippen molar-refractivity contribution in [2.45, 2.75) is 43.8 Å². The fraction of sp³-hybridized carbons (Fsp3) is 1.00. The molecule has 2 aliphatic carbocycles. The van der Waals surface area contributed by atoms with Crippen LogP contribution in [0.25, 0.3) is 0 Å². The maximum Gasteiger partial charge on any atom is 0.426 e. The second-order valence-electron chi connectivity index (χ2n) is 5.71. The van der Waals surface area contributed by atoms with Crippen molar-refractivity contribution in [2.75, 3.05) is 0 Å². The Balaban J connectivity index is 2.01. The highest BCUT2D eigenvalue weighted by Gasteiger charge is 2.86. The van der Waals surface area contributed by atoms with Crippen LogP contribution in [0.1, 0.15) is 19.8 Å². The molecule has 0 aromatic heterocycles. The van der Waals surface area contributed by atoms with Crippen LogP contribution in [0.5, 0.6) is 0 Å². The number of rotatable bonds is 0. The van der Waals surface area contributed by atoms with E-state index in [0.717, 1.165) is 0 Å². The Kier molecular flexibility index (Phi) is 2.21. The molecule has 18 heavy (non-hydrogen) atoms. The molecule has 1 aliphatic heterocycles. The third-order valence-electron chi connectivity index (χ3n) is 4.89. The maximum absolute atomic E-state index is 12.9. The van der Waals surface area contributed by atoms with Crippen LogP contribution in [0, 0.1) is 23.7 Å². The molecule has 3 aliphatic rings. The summed E-state index contributed by atoms with van der Waals surface area (Å²) < 4.78 is 81.8. The Morgan fingerprint density at radius 2 is 1.56 bits per heavy atom. The van der Waals surface area contributed by atoms with Gasteiger partial charge in [-0.3, -0.25) is 0 Å². The first-order valence-electron chi connectivity index (χ1n) is 5.91. The fourth-order valence-electron chi connectivity index (χ4n) is 4.23. The highest BCUT2D eigenvalue weighted by Crippen LogP contribution is 2.70. The molecule has 1 heterocycles. The zero-order valence-corrected chi connectivity index (χ0v) is 9.48. The average molecular weight is 274 g/mol. The molecule has 1 saturated heterocycles. The van der Waals surface area contributed by atoms with Gasteiger partial charge in [0, 0.05) is 5.92 Å². The highest BCUT2D eigenvalue weighted by molar-refractivity contribution is 5.20. The zero-order valence-electron chi connectivity index (χ0n) is 9.48. The van der Waals surface area contributed by atoms with Gasteiger partial charge in [-0.25, -0.2) is 0 Å². The number of ether oxygens (including phenoxy) is 1. The molecule has 104 valence electrons. The van der Waals surface area contributed by atoms with Gasteiger partial charge in [0.15, 0.2) is 0 Å². The van der Waals surface area contributed by atoms with Crippen molar-refractivity contribution in [3.8, 4) is 0 Å². The summed E-state index contributed by atoms with van der Waals surface area (Å²) in [6.07, 6.45) is -10.5. The molecule has 5 unspecified atom stereocenters. The minimum Gasteiger partial charge on any atom is -0.354 e. The lowest BCUT2D eigenvalue weighted by molar-refractivity contribution is -0.472. The van der Waals surface area contributed by atoms with Gasteiger partial charge in [0.1, 0.15) is 0 Å². The van der Waals surface area contributed by atoms with Crippen LogP contribution in [0.3, 0.4) is 0 Å². The van der Waals surface area contributed by atoms with Crippen molar-refractivity contribution in [1.29, 1.82) is 0 Å². The number of fused-ring (bicyclic) bond motifs is 5. The minimum absolute atomic E-state index is 0.0794. The van der Waals surface area contributed by atoms with E-state index in [2.05, 4.69) is 4.74 Å². The van der Waals surface area contributed by atoms with E-state index >= 15 is 0 Å². The van der Waals surface area contributed by atoms with Crippen molar-refractivity contribution in [3.05, 3.63) is 0 Å².